The first-order valence-electron chi connectivity index (χ1n) is 10.2. The Morgan fingerprint density at radius 3 is 2.77 bits per heavy atom. The molecule has 0 spiro atoms. The number of hydrogen-bond acceptors (Lipinski definition) is 6. The Bertz CT molecular complexity index is 1260. The number of fused-ring (bicyclic) bond motifs is 2. The second-order valence-corrected chi connectivity index (χ2v) is 10.1. The van der Waals surface area contributed by atoms with Crippen molar-refractivity contribution in [3.05, 3.63) is 59.7 Å². The van der Waals surface area contributed by atoms with Crippen molar-refractivity contribution in [3.63, 3.8) is 0 Å². The lowest BCUT2D eigenvalue weighted by Gasteiger charge is -2.24. The van der Waals surface area contributed by atoms with Crippen molar-refractivity contribution in [2.45, 2.75) is 37.8 Å². The molecule has 7 nitrogen and oxygen atoms in total. The average Bonchev–Trinajstić information content (AvgIpc) is 2.84. The molecular weight excluding hydrogens is 414 g/mol. The van der Waals surface area contributed by atoms with Gasteiger partial charge in [-0.05, 0) is 37.6 Å². The van der Waals surface area contributed by atoms with Crippen LogP contribution in [0.15, 0.2) is 53.4 Å². The van der Waals surface area contributed by atoms with Crippen molar-refractivity contribution in [1.82, 2.24) is 4.98 Å². The van der Waals surface area contributed by atoms with Gasteiger partial charge in [-0.3, -0.25) is 4.79 Å². The molecule has 0 aliphatic carbocycles. The molecule has 1 atom stereocenters. The van der Waals surface area contributed by atoms with Gasteiger partial charge >= 0.3 is 5.97 Å². The molecule has 31 heavy (non-hydrogen) atoms. The number of anilines is 2. The molecule has 0 saturated heterocycles. The lowest BCUT2D eigenvalue weighted by molar-refractivity contribution is -0.137. The molecule has 2 aromatic carbocycles. The van der Waals surface area contributed by atoms with Gasteiger partial charge < -0.3 is 15.3 Å². The summed E-state index contributed by atoms with van der Waals surface area (Å²) in [6.07, 6.45) is -0.0136. The smallest absolute Gasteiger partial charge is 0.305 e. The van der Waals surface area contributed by atoms with Gasteiger partial charge in [-0.25, -0.2) is 13.4 Å². The topological polar surface area (TPSA) is 99.6 Å². The highest BCUT2D eigenvalue weighted by Crippen LogP contribution is 2.31. The van der Waals surface area contributed by atoms with Gasteiger partial charge in [0.1, 0.15) is 5.82 Å². The van der Waals surface area contributed by atoms with Crippen LogP contribution in [0.3, 0.4) is 0 Å². The molecule has 4 rings (SSSR count). The Morgan fingerprint density at radius 2 is 2.00 bits per heavy atom. The molecule has 1 aromatic heterocycles. The first kappa shape index (κ1) is 21.1. The van der Waals surface area contributed by atoms with Gasteiger partial charge in [-0.2, -0.15) is 0 Å². The number of aliphatic carboxylic acids is 1. The predicted octanol–water partition coefficient (Wildman–Crippen LogP) is 3.61. The summed E-state index contributed by atoms with van der Waals surface area (Å²) in [5, 5.41) is 13.3. The van der Waals surface area contributed by atoms with Crippen LogP contribution < -0.4 is 10.2 Å². The van der Waals surface area contributed by atoms with Crippen molar-refractivity contribution in [2.24, 2.45) is 0 Å². The van der Waals surface area contributed by atoms with E-state index in [9.17, 15) is 13.2 Å². The van der Waals surface area contributed by atoms with Crippen molar-refractivity contribution < 1.29 is 18.3 Å². The molecule has 0 bridgehead atoms. The number of benzene rings is 2. The van der Waals surface area contributed by atoms with E-state index < -0.39 is 15.8 Å². The van der Waals surface area contributed by atoms with E-state index in [1.165, 1.54) is 0 Å². The van der Waals surface area contributed by atoms with Crippen LogP contribution in [-0.2, 0) is 21.2 Å². The summed E-state index contributed by atoms with van der Waals surface area (Å²) in [5.41, 5.74) is 3.39. The fraction of sp³-hybridized carbons (Fsp3) is 0.304. The first-order chi connectivity index (χ1) is 14.7. The van der Waals surface area contributed by atoms with Gasteiger partial charge in [0.05, 0.1) is 22.6 Å². The monoisotopic (exact) mass is 439 g/mol. The Balaban J connectivity index is 1.77. The van der Waals surface area contributed by atoms with Gasteiger partial charge in [0, 0.05) is 36.3 Å². The van der Waals surface area contributed by atoms with Crippen LogP contribution in [0.4, 0.5) is 11.5 Å². The lowest BCUT2D eigenvalue weighted by atomic mass is 10.1. The molecule has 0 radical (unpaired) electrons. The number of hydrogen-bond donors (Lipinski definition) is 2. The zero-order valence-electron chi connectivity index (χ0n) is 17.5. The second kappa shape index (κ2) is 8.19. The quantitative estimate of drug-likeness (QED) is 0.626. The maximum atomic E-state index is 12.7. The second-order valence-electron chi connectivity index (χ2n) is 8.04. The molecule has 0 saturated carbocycles. The predicted molar refractivity (Wildman–Crippen MR) is 121 cm³/mol. The van der Waals surface area contributed by atoms with Crippen LogP contribution >= 0.6 is 0 Å². The summed E-state index contributed by atoms with van der Waals surface area (Å²) in [6.45, 7) is 4.58. The molecule has 2 N–H and O–H groups in total. The minimum absolute atomic E-state index is 0.00973. The standard InChI is InChI=1S/C23H25N3O4S/c1-15-7-8-19-18(11-15)20(24-16(2)12-23(27)28)13-22(25-19)26-9-10-31(29,30)21-6-4-3-5-17(21)14-26/h3-8,11,13,16H,9-10,12,14H2,1-2H3,(H,24,25)(H,27,28). The minimum atomic E-state index is -3.36. The first-order valence-corrected chi connectivity index (χ1v) is 11.8. The van der Waals surface area contributed by atoms with Gasteiger partial charge in [-0.15, -0.1) is 0 Å². The number of pyridine rings is 1. The number of aryl methyl sites for hydroxylation is 1. The molecule has 2 heterocycles. The Morgan fingerprint density at radius 1 is 1.23 bits per heavy atom. The van der Waals surface area contributed by atoms with Crippen molar-refractivity contribution in [3.8, 4) is 0 Å². The molecule has 162 valence electrons. The summed E-state index contributed by atoms with van der Waals surface area (Å²) >= 11 is 0. The zero-order valence-corrected chi connectivity index (χ0v) is 18.3. The third-order valence-corrected chi connectivity index (χ3v) is 7.24. The fourth-order valence-electron chi connectivity index (χ4n) is 3.94. The molecule has 0 fully saturated rings. The number of rotatable bonds is 5. The van der Waals surface area contributed by atoms with Crippen LogP contribution in [0.5, 0.6) is 0 Å². The van der Waals surface area contributed by atoms with Crippen LogP contribution in [0, 0.1) is 6.92 Å². The Labute approximate surface area is 181 Å². The van der Waals surface area contributed by atoms with Crippen LogP contribution in [0.1, 0.15) is 24.5 Å². The van der Waals surface area contributed by atoms with E-state index in [1.54, 1.807) is 12.1 Å². The van der Waals surface area contributed by atoms with Crippen LogP contribution in [0.25, 0.3) is 10.9 Å². The molecule has 1 aliphatic heterocycles. The van der Waals surface area contributed by atoms with Crippen LogP contribution in [-0.4, -0.2) is 42.8 Å². The van der Waals surface area contributed by atoms with Crippen LogP contribution in [0.2, 0.25) is 0 Å². The van der Waals surface area contributed by atoms with Gasteiger partial charge in [0.15, 0.2) is 9.84 Å². The third kappa shape index (κ3) is 4.49. The van der Waals surface area contributed by atoms with E-state index in [1.807, 2.05) is 55.1 Å². The number of carboxylic acids is 1. The minimum Gasteiger partial charge on any atom is -0.481 e. The number of aromatic nitrogens is 1. The fourth-order valence-corrected chi connectivity index (χ4v) is 5.44. The number of nitrogens with zero attached hydrogens (tertiary/aromatic N) is 2. The zero-order chi connectivity index (χ0) is 22.2. The Hall–Kier alpha value is -3.13. The number of nitrogens with one attached hydrogen (secondary N) is 1. The van der Waals surface area contributed by atoms with Gasteiger partial charge in [-0.1, -0.05) is 29.8 Å². The van der Waals surface area contributed by atoms with Gasteiger partial charge in [0.25, 0.3) is 0 Å². The van der Waals surface area contributed by atoms with Crippen molar-refractivity contribution in [1.29, 1.82) is 0 Å². The largest absolute Gasteiger partial charge is 0.481 e. The lowest BCUT2D eigenvalue weighted by Crippen LogP contribution is -2.27. The van der Waals surface area contributed by atoms with E-state index in [-0.39, 0.29) is 18.2 Å². The van der Waals surface area contributed by atoms with E-state index in [0.29, 0.717) is 23.8 Å². The Kier molecular flexibility index (Phi) is 5.58. The summed E-state index contributed by atoms with van der Waals surface area (Å²) < 4.78 is 25.4. The number of carboxylic acid groups (broad SMARTS) is 1. The van der Waals surface area contributed by atoms with E-state index in [0.717, 1.165) is 27.7 Å². The maximum absolute atomic E-state index is 12.7. The summed E-state index contributed by atoms with van der Waals surface area (Å²) in [4.78, 5) is 18.3. The highest BCUT2D eigenvalue weighted by atomic mass is 32.2. The van der Waals surface area contributed by atoms with Crippen molar-refractivity contribution in [2.75, 3.05) is 22.5 Å². The average molecular weight is 440 g/mol. The van der Waals surface area contributed by atoms with E-state index in [2.05, 4.69) is 5.32 Å². The molecule has 0 amide bonds. The van der Waals surface area contributed by atoms with E-state index in [4.69, 9.17) is 10.1 Å². The van der Waals surface area contributed by atoms with Gasteiger partial charge in [0.2, 0.25) is 0 Å². The number of carbonyl (C=O) groups is 1. The highest BCUT2D eigenvalue weighted by molar-refractivity contribution is 7.91. The van der Waals surface area contributed by atoms with E-state index >= 15 is 0 Å². The molecule has 1 unspecified atom stereocenters. The summed E-state index contributed by atoms with van der Waals surface area (Å²) in [5.74, 6) is -0.201. The summed E-state index contributed by atoms with van der Waals surface area (Å²) in [6, 6.07) is 14.6. The maximum Gasteiger partial charge on any atom is 0.305 e. The molecule has 3 aromatic rings. The highest BCUT2D eigenvalue weighted by Gasteiger charge is 2.26. The third-order valence-electron chi connectivity index (χ3n) is 5.46. The SMILES string of the molecule is Cc1ccc2nc(N3CCS(=O)(=O)c4ccccc4C3)cc(NC(C)CC(=O)O)c2c1. The molecular formula is C23H25N3O4S. The molecule has 1 aliphatic rings. The number of sulfone groups is 1. The van der Waals surface area contributed by atoms with Crippen molar-refractivity contribution >= 4 is 38.2 Å². The molecule has 8 heteroatoms. The summed E-state index contributed by atoms with van der Waals surface area (Å²) in [7, 11) is -3.36. The normalized spacial score (nSPS) is 16.4.